The van der Waals surface area contributed by atoms with E-state index in [1.54, 1.807) is 0 Å². The monoisotopic (exact) mass is 258 g/mol. The number of nitrogens with two attached hydrogens (primary N) is 2. The van der Waals surface area contributed by atoms with Crippen molar-refractivity contribution in [2.45, 2.75) is 92.2 Å². The van der Waals surface area contributed by atoms with Crippen LogP contribution >= 0.6 is 0 Å². The van der Waals surface area contributed by atoms with Crippen molar-refractivity contribution in [1.29, 1.82) is 0 Å². The van der Waals surface area contributed by atoms with Crippen LogP contribution in [-0.4, -0.2) is 12.1 Å². The normalized spacial score (nSPS) is 14.3. The number of hydrogen-bond donors (Lipinski definition) is 2. The molecule has 0 amide bonds. The molecule has 0 aliphatic rings. The molecule has 18 heavy (non-hydrogen) atoms. The Morgan fingerprint density at radius 2 is 0.833 bits per heavy atom. The highest BCUT2D eigenvalue weighted by Gasteiger charge is 1.96. The average Bonchev–Trinajstić information content (AvgIpc) is 2.15. The van der Waals surface area contributed by atoms with Crippen LogP contribution in [0.25, 0.3) is 0 Å². The summed E-state index contributed by atoms with van der Waals surface area (Å²) in [6.07, 6.45) is 7.57. The molecule has 0 saturated heterocycles. The highest BCUT2D eigenvalue weighted by Crippen LogP contribution is 2.07. The molecular weight excluding hydrogens is 220 g/mol. The van der Waals surface area contributed by atoms with E-state index in [9.17, 15) is 0 Å². The molecule has 0 rings (SSSR count). The standard InChI is InChI=1S/2C8H19N/c2*1-7(2)5-4-6-8(3)9/h2*7-8H,4-6,9H2,1-3H3. The zero-order valence-corrected chi connectivity index (χ0v) is 13.7. The van der Waals surface area contributed by atoms with Crippen LogP contribution in [0.4, 0.5) is 0 Å². The van der Waals surface area contributed by atoms with Crippen molar-refractivity contribution < 1.29 is 0 Å². The summed E-state index contributed by atoms with van der Waals surface area (Å²) in [6, 6.07) is 0.785. The van der Waals surface area contributed by atoms with E-state index < -0.39 is 0 Å². The molecule has 0 aromatic rings. The van der Waals surface area contributed by atoms with Gasteiger partial charge in [0.25, 0.3) is 0 Å². The molecule has 0 saturated carbocycles. The van der Waals surface area contributed by atoms with E-state index in [1.807, 2.05) is 0 Å². The van der Waals surface area contributed by atoms with Crippen molar-refractivity contribution in [3.63, 3.8) is 0 Å². The van der Waals surface area contributed by atoms with Crippen molar-refractivity contribution >= 4 is 0 Å². The maximum absolute atomic E-state index is 5.58. The molecule has 0 aliphatic heterocycles. The fourth-order valence-electron chi connectivity index (χ4n) is 1.70. The van der Waals surface area contributed by atoms with E-state index in [4.69, 9.17) is 11.5 Å². The van der Waals surface area contributed by atoms with Crippen molar-refractivity contribution in [3.05, 3.63) is 0 Å². The molecule has 0 bridgehead atoms. The van der Waals surface area contributed by atoms with E-state index in [2.05, 4.69) is 41.5 Å². The molecule has 0 fully saturated rings. The minimum Gasteiger partial charge on any atom is -0.328 e. The van der Waals surface area contributed by atoms with E-state index in [-0.39, 0.29) is 0 Å². The van der Waals surface area contributed by atoms with Gasteiger partial charge in [0.2, 0.25) is 0 Å². The Hall–Kier alpha value is -0.0800. The smallest absolute Gasteiger partial charge is 0.00104 e. The second-order valence-corrected chi connectivity index (χ2v) is 6.60. The quantitative estimate of drug-likeness (QED) is 0.681. The van der Waals surface area contributed by atoms with Gasteiger partial charge in [-0.3, -0.25) is 0 Å². The van der Waals surface area contributed by atoms with Gasteiger partial charge < -0.3 is 11.5 Å². The largest absolute Gasteiger partial charge is 0.328 e. The molecule has 2 nitrogen and oxygen atoms in total. The van der Waals surface area contributed by atoms with E-state index in [1.165, 1.54) is 38.5 Å². The van der Waals surface area contributed by atoms with E-state index >= 15 is 0 Å². The van der Waals surface area contributed by atoms with Gasteiger partial charge in [0.15, 0.2) is 0 Å². The highest BCUT2D eigenvalue weighted by molar-refractivity contribution is 4.54. The number of rotatable bonds is 8. The molecule has 0 spiro atoms. The zero-order chi connectivity index (χ0) is 14.6. The second kappa shape index (κ2) is 13.4. The first-order valence-electron chi connectivity index (χ1n) is 7.76. The Bertz CT molecular complexity index is 117. The Balaban J connectivity index is 0. The van der Waals surface area contributed by atoms with Crippen LogP contribution in [0.1, 0.15) is 80.1 Å². The van der Waals surface area contributed by atoms with Crippen molar-refractivity contribution in [3.8, 4) is 0 Å². The van der Waals surface area contributed by atoms with Crippen molar-refractivity contribution in [2.75, 3.05) is 0 Å². The van der Waals surface area contributed by atoms with E-state index in [0.717, 1.165) is 11.8 Å². The Labute approximate surface area is 116 Å². The lowest BCUT2D eigenvalue weighted by Crippen LogP contribution is -2.14. The SMILES string of the molecule is CC(C)CCCC(C)N.CC(C)CCCC(C)N. The summed E-state index contributed by atoms with van der Waals surface area (Å²) in [6.45, 7) is 13.1. The van der Waals surface area contributed by atoms with Gasteiger partial charge in [0.1, 0.15) is 0 Å². The van der Waals surface area contributed by atoms with Crippen LogP contribution in [0, 0.1) is 11.8 Å². The Kier molecular flexibility index (Phi) is 15.0. The van der Waals surface area contributed by atoms with Crippen LogP contribution in [0.5, 0.6) is 0 Å². The zero-order valence-electron chi connectivity index (χ0n) is 13.7. The van der Waals surface area contributed by atoms with E-state index in [0.29, 0.717) is 12.1 Å². The lowest BCUT2D eigenvalue weighted by atomic mass is 10.0. The first kappa shape index (κ1) is 20.2. The van der Waals surface area contributed by atoms with Crippen LogP contribution in [0.15, 0.2) is 0 Å². The third-order valence-corrected chi connectivity index (χ3v) is 2.88. The van der Waals surface area contributed by atoms with Crippen LogP contribution in [-0.2, 0) is 0 Å². The maximum Gasteiger partial charge on any atom is 0.00104 e. The molecule has 0 aliphatic carbocycles. The minimum atomic E-state index is 0.392. The van der Waals surface area contributed by atoms with Crippen molar-refractivity contribution in [1.82, 2.24) is 0 Å². The van der Waals surface area contributed by atoms with Crippen LogP contribution in [0.3, 0.4) is 0 Å². The van der Waals surface area contributed by atoms with Crippen LogP contribution in [0.2, 0.25) is 0 Å². The molecule has 2 unspecified atom stereocenters. The summed E-state index contributed by atoms with van der Waals surface area (Å²) >= 11 is 0. The fourth-order valence-corrected chi connectivity index (χ4v) is 1.70. The highest BCUT2D eigenvalue weighted by atomic mass is 14.6. The van der Waals surface area contributed by atoms with Gasteiger partial charge in [-0.15, -0.1) is 0 Å². The van der Waals surface area contributed by atoms with Gasteiger partial charge in [-0.2, -0.15) is 0 Å². The molecular formula is C16H38N2. The van der Waals surface area contributed by atoms with Gasteiger partial charge in [-0.05, 0) is 38.5 Å². The molecule has 2 heteroatoms. The van der Waals surface area contributed by atoms with Gasteiger partial charge in [-0.25, -0.2) is 0 Å². The summed E-state index contributed by atoms with van der Waals surface area (Å²) < 4.78 is 0. The summed E-state index contributed by atoms with van der Waals surface area (Å²) in [5.41, 5.74) is 11.2. The van der Waals surface area contributed by atoms with Gasteiger partial charge in [-0.1, -0.05) is 53.4 Å². The number of hydrogen-bond acceptors (Lipinski definition) is 2. The predicted octanol–water partition coefficient (Wildman–Crippen LogP) is 4.32. The summed E-state index contributed by atoms with van der Waals surface area (Å²) in [7, 11) is 0. The molecule has 0 radical (unpaired) electrons. The van der Waals surface area contributed by atoms with Crippen LogP contribution < -0.4 is 11.5 Å². The molecule has 0 aromatic carbocycles. The third-order valence-electron chi connectivity index (χ3n) is 2.88. The average molecular weight is 258 g/mol. The maximum atomic E-state index is 5.58. The molecule has 2 atom stereocenters. The Morgan fingerprint density at radius 3 is 1.00 bits per heavy atom. The lowest BCUT2D eigenvalue weighted by Gasteiger charge is -2.05. The summed E-state index contributed by atoms with van der Waals surface area (Å²) in [4.78, 5) is 0. The van der Waals surface area contributed by atoms with Gasteiger partial charge in [0.05, 0.1) is 0 Å². The summed E-state index contributed by atoms with van der Waals surface area (Å²) in [5.74, 6) is 1.67. The summed E-state index contributed by atoms with van der Waals surface area (Å²) in [5, 5.41) is 0. The first-order chi connectivity index (χ1) is 8.25. The lowest BCUT2D eigenvalue weighted by molar-refractivity contribution is 0.511. The minimum absolute atomic E-state index is 0.392. The molecule has 0 heterocycles. The van der Waals surface area contributed by atoms with Gasteiger partial charge >= 0.3 is 0 Å². The molecule has 112 valence electrons. The topological polar surface area (TPSA) is 52.0 Å². The Morgan fingerprint density at radius 1 is 0.556 bits per heavy atom. The third kappa shape index (κ3) is 24.9. The van der Waals surface area contributed by atoms with Gasteiger partial charge in [0, 0.05) is 12.1 Å². The second-order valence-electron chi connectivity index (χ2n) is 6.60. The molecule has 4 N–H and O–H groups in total. The fraction of sp³-hybridized carbons (Fsp3) is 1.00. The molecule has 0 aromatic heterocycles. The first-order valence-corrected chi connectivity index (χ1v) is 7.76. The van der Waals surface area contributed by atoms with Crippen molar-refractivity contribution in [2.24, 2.45) is 23.3 Å². The predicted molar refractivity (Wildman–Crippen MR) is 84.7 cm³/mol.